The minimum atomic E-state index is -0.461. The number of nitrogens with zero attached hydrogens (tertiary/aromatic N) is 1. The SMILES string of the molecule is CNC1Cc2ccc(F)cc2N(C(=O)OC)C1. The fraction of sp³-hybridized carbons (Fsp3) is 0.417. The van der Waals surface area contributed by atoms with Gasteiger partial charge in [-0.3, -0.25) is 4.90 Å². The highest BCUT2D eigenvalue weighted by Gasteiger charge is 2.28. The zero-order valence-corrected chi connectivity index (χ0v) is 9.87. The number of likely N-dealkylation sites (N-methyl/N-ethyl adjacent to an activating group) is 1. The molecule has 1 N–H and O–H groups in total. The Balaban J connectivity index is 2.40. The van der Waals surface area contributed by atoms with Crippen LogP contribution < -0.4 is 10.2 Å². The molecular weight excluding hydrogens is 223 g/mol. The molecule has 1 aromatic rings. The molecule has 1 heterocycles. The maximum absolute atomic E-state index is 13.2. The van der Waals surface area contributed by atoms with Crippen molar-refractivity contribution in [3.8, 4) is 0 Å². The van der Waals surface area contributed by atoms with Gasteiger partial charge in [-0.05, 0) is 31.2 Å². The molecule has 0 fully saturated rings. The Morgan fingerprint density at radius 1 is 1.59 bits per heavy atom. The maximum Gasteiger partial charge on any atom is 0.414 e. The lowest BCUT2D eigenvalue weighted by molar-refractivity contribution is 0.177. The average Bonchev–Trinajstić information content (AvgIpc) is 2.36. The Bertz CT molecular complexity index is 437. The molecule has 5 heteroatoms. The summed E-state index contributed by atoms with van der Waals surface area (Å²) in [5.74, 6) is -0.347. The number of rotatable bonds is 1. The predicted octanol–water partition coefficient (Wildman–Crippen LogP) is 1.54. The molecule has 0 radical (unpaired) electrons. The summed E-state index contributed by atoms with van der Waals surface area (Å²) in [5.41, 5.74) is 1.55. The number of hydrogen-bond acceptors (Lipinski definition) is 3. The largest absolute Gasteiger partial charge is 0.452 e. The van der Waals surface area contributed by atoms with Crippen LogP contribution in [0.4, 0.5) is 14.9 Å². The highest BCUT2D eigenvalue weighted by molar-refractivity contribution is 5.89. The van der Waals surface area contributed by atoms with Gasteiger partial charge >= 0.3 is 6.09 Å². The highest BCUT2D eigenvalue weighted by atomic mass is 19.1. The van der Waals surface area contributed by atoms with Crippen molar-refractivity contribution in [2.45, 2.75) is 12.5 Å². The van der Waals surface area contributed by atoms with E-state index in [4.69, 9.17) is 4.74 Å². The first-order valence-electron chi connectivity index (χ1n) is 5.47. The first-order chi connectivity index (χ1) is 8.15. The van der Waals surface area contributed by atoms with Crippen LogP contribution in [0.5, 0.6) is 0 Å². The third kappa shape index (κ3) is 2.24. The summed E-state index contributed by atoms with van der Waals surface area (Å²) in [4.78, 5) is 13.1. The van der Waals surface area contributed by atoms with Crippen molar-refractivity contribution >= 4 is 11.8 Å². The van der Waals surface area contributed by atoms with Crippen molar-refractivity contribution in [3.05, 3.63) is 29.6 Å². The van der Waals surface area contributed by atoms with Crippen LogP contribution in [0, 0.1) is 5.82 Å². The Hall–Kier alpha value is -1.62. The number of ether oxygens (including phenoxy) is 1. The summed E-state index contributed by atoms with van der Waals surface area (Å²) in [6.45, 7) is 0.486. The van der Waals surface area contributed by atoms with Gasteiger partial charge in [-0.2, -0.15) is 0 Å². The number of amides is 1. The van der Waals surface area contributed by atoms with Crippen molar-refractivity contribution in [1.82, 2.24) is 5.32 Å². The van der Waals surface area contributed by atoms with E-state index < -0.39 is 6.09 Å². The van der Waals surface area contributed by atoms with Crippen LogP contribution in [0.15, 0.2) is 18.2 Å². The number of carbonyl (C=O) groups is 1. The van der Waals surface area contributed by atoms with Crippen LogP contribution in [0.3, 0.4) is 0 Å². The van der Waals surface area contributed by atoms with Gasteiger partial charge in [-0.1, -0.05) is 6.07 Å². The van der Waals surface area contributed by atoms with E-state index in [1.807, 2.05) is 7.05 Å². The molecule has 0 spiro atoms. The Labute approximate surface area is 99.4 Å². The Morgan fingerprint density at radius 3 is 3.00 bits per heavy atom. The lowest BCUT2D eigenvalue weighted by atomic mass is 9.98. The molecule has 1 amide bonds. The summed E-state index contributed by atoms with van der Waals surface area (Å²) in [6, 6.07) is 4.65. The van der Waals surface area contributed by atoms with E-state index in [0.29, 0.717) is 12.2 Å². The number of halogens is 1. The number of hydrogen-bond donors (Lipinski definition) is 1. The Kier molecular flexibility index (Phi) is 3.28. The van der Waals surface area contributed by atoms with Gasteiger partial charge in [0.05, 0.1) is 12.8 Å². The van der Waals surface area contributed by atoms with Crippen LogP contribution in [-0.2, 0) is 11.2 Å². The van der Waals surface area contributed by atoms with Gasteiger partial charge in [0.25, 0.3) is 0 Å². The first kappa shape index (κ1) is 11.9. The van der Waals surface area contributed by atoms with Crippen LogP contribution >= 0.6 is 0 Å². The minimum absolute atomic E-state index is 0.159. The van der Waals surface area contributed by atoms with Gasteiger partial charge in [-0.25, -0.2) is 9.18 Å². The van der Waals surface area contributed by atoms with E-state index in [1.54, 1.807) is 6.07 Å². The molecule has 1 aliphatic heterocycles. The predicted molar refractivity (Wildman–Crippen MR) is 62.7 cm³/mol. The fourth-order valence-corrected chi connectivity index (χ4v) is 2.09. The molecule has 0 bridgehead atoms. The second-order valence-electron chi connectivity index (χ2n) is 4.04. The molecular formula is C12H15FN2O2. The lowest BCUT2D eigenvalue weighted by Gasteiger charge is -2.33. The first-order valence-corrected chi connectivity index (χ1v) is 5.47. The summed E-state index contributed by atoms with van der Waals surface area (Å²) < 4.78 is 17.9. The second-order valence-corrected chi connectivity index (χ2v) is 4.04. The minimum Gasteiger partial charge on any atom is -0.452 e. The quantitative estimate of drug-likeness (QED) is 0.807. The van der Waals surface area contributed by atoms with Crippen molar-refractivity contribution in [2.75, 3.05) is 25.6 Å². The molecule has 4 nitrogen and oxygen atoms in total. The van der Waals surface area contributed by atoms with Crippen molar-refractivity contribution < 1.29 is 13.9 Å². The summed E-state index contributed by atoms with van der Waals surface area (Å²) in [5, 5.41) is 3.13. The number of fused-ring (bicyclic) bond motifs is 1. The number of methoxy groups -OCH3 is 1. The lowest BCUT2D eigenvalue weighted by Crippen LogP contribution is -2.47. The Morgan fingerprint density at radius 2 is 2.35 bits per heavy atom. The third-order valence-corrected chi connectivity index (χ3v) is 3.01. The zero-order chi connectivity index (χ0) is 12.4. The average molecular weight is 238 g/mol. The third-order valence-electron chi connectivity index (χ3n) is 3.01. The number of nitrogens with one attached hydrogen (secondary N) is 1. The van der Waals surface area contributed by atoms with Gasteiger partial charge in [-0.15, -0.1) is 0 Å². The van der Waals surface area contributed by atoms with E-state index in [1.165, 1.54) is 24.1 Å². The van der Waals surface area contributed by atoms with Crippen LogP contribution in [0.2, 0.25) is 0 Å². The number of carbonyl (C=O) groups excluding carboxylic acids is 1. The van der Waals surface area contributed by atoms with Crippen LogP contribution in [0.1, 0.15) is 5.56 Å². The van der Waals surface area contributed by atoms with Crippen LogP contribution in [-0.4, -0.2) is 32.8 Å². The summed E-state index contributed by atoms with van der Waals surface area (Å²) >= 11 is 0. The van der Waals surface area contributed by atoms with Crippen LogP contribution in [0.25, 0.3) is 0 Å². The van der Waals surface area contributed by atoms with Gasteiger partial charge < -0.3 is 10.1 Å². The van der Waals surface area contributed by atoms with E-state index in [2.05, 4.69) is 5.32 Å². The van der Waals surface area contributed by atoms with Gasteiger partial charge in [0.2, 0.25) is 0 Å². The zero-order valence-electron chi connectivity index (χ0n) is 9.87. The van der Waals surface area contributed by atoms with Gasteiger partial charge in [0.1, 0.15) is 5.82 Å². The number of anilines is 1. The standard InChI is InChI=1S/C12H15FN2O2/c1-14-10-5-8-3-4-9(13)6-11(8)15(7-10)12(16)17-2/h3-4,6,10,14H,5,7H2,1-2H3. The van der Waals surface area contributed by atoms with Crippen molar-refractivity contribution in [1.29, 1.82) is 0 Å². The smallest absolute Gasteiger partial charge is 0.414 e. The van der Waals surface area contributed by atoms with Gasteiger partial charge in [0.15, 0.2) is 0 Å². The number of benzene rings is 1. The molecule has 2 rings (SSSR count). The highest BCUT2D eigenvalue weighted by Crippen LogP contribution is 2.28. The molecule has 0 saturated carbocycles. The second kappa shape index (κ2) is 4.71. The normalized spacial score (nSPS) is 18.8. The monoisotopic (exact) mass is 238 g/mol. The fourth-order valence-electron chi connectivity index (χ4n) is 2.09. The molecule has 1 aliphatic rings. The molecule has 1 atom stereocenters. The van der Waals surface area contributed by atoms with E-state index >= 15 is 0 Å². The molecule has 1 unspecified atom stereocenters. The van der Waals surface area contributed by atoms with E-state index in [9.17, 15) is 9.18 Å². The maximum atomic E-state index is 13.2. The molecule has 0 saturated heterocycles. The molecule has 1 aromatic carbocycles. The van der Waals surface area contributed by atoms with Gasteiger partial charge in [0, 0.05) is 12.6 Å². The molecule has 0 aliphatic carbocycles. The molecule has 17 heavy (non-hydrogen) atoms. The summed E-state index contributed by atoms with van der Waals surface area (Å²) in [7, 11) is 3.17. The van der Waals surface area contributed by atoms with E-state index in [0.717, 1.165) is 12.0 Å². The van der Waals surface area contributed by atoms with Crippen molar-refractivity contribution in [2.24, 2.45) is 0 Å². The molecule has 92 valence electrons. The summed E-state index contributed by atoms with van der Waals surface area (Å²) in [6.07, 6.45) is 0.316. The van der Waals surface area contributed by atoms with Crippen molar-refractivity contribution in [3.63, 3.8) is 0 Å². The van der Waals surface area contributed by atoms with E-state index in [-0.39, 0.29) is 11.9 Å². The molecule has 0 aromatic heterocycles. The topological polar surface area (TPSA) is 41.6 Å².